The van der Waals surface area contributed by atoms with Crippen molar-refractivity contribution in [1.29, 1.82) is 0 Å². The second-order valence-electron chi connectivity index (χ2n) is 21.4. The van der Waals surface area contributed by atoms with Crippen LogP contribution in [-0.2, 0) is 59.3 Å². The molecule has 3 aliphatic heterocycles. The lowest BCUT2D eigenvalue weighted by molar-refractivity contribution is -0.150. The lowest BCUT2D eigenvalue weighted by atomic mass is 9.89. The smallest absolute Gasteiger partial charge is 0.338 e. The Balaban J connectivity index is 0.000000268. The van der Waals surface area contributed by atoms with Crippen LogP contribution in [0.2, 0.25) is 0 Å². The van der Waals surface area contributed by atoms with Crippen molar-refractivity contribution < 1.29 is 58.9 Å². The summed E-state index contributed by atoms with van der Waals surface area (Å²) in [5, 5.41) is 51.1. The van der Waals surface area contributed by atoms with Crippen molar-refractivity contribution in [2.75, 3.05) is 37.1 Å². The number of Topliss-reactive ketones (excluding diaryl/α,β-unsaturated/α-hetero) is 3. The van der Waals surface area contributed by atoms with Crippen LogP contribution in [0.15, 0.2) is 133 Å². The van der Waals surface area contributed by atoms with Crippen LogP contribution in [0, 0.1) is 16.7 Å². The number of methoxy groups -OCH3 is 2. The van der Waals surface area contributed by atoms with E-state index in [1.807, 2.05) is 133 Å². The van der Waals surface area contributed by atoms with Gasteiger partial charge in [-0.15, -0.1) is 12.4 Å². The Morgan fingerprint density at radius 1 is 0.693 bits per heavy atom. The topological polar surface area (TPSA) is 230 Å². The lowest BCUT2D eigenvalue weighted by Gasteiger charge is -2.30. The van der Waals surface area contributed by atoms with Crippen molar-refractivity contribution in [3.8, 4) is 0 Å². The SMILES string of the molecule is CO[C@@H](C(=O)C[C@H]1CN(Cc2ccccc2)c2ccccc2CC1=O)[C@H](O)[C@@H](O)[C@H](O)/C=C/C(C)(C)C.CO[C@H]1C(=O)O[C@@H]([C@H](O)/C=C/C(C)(C)C)[C@H]1O.Cl.N[C@H]1CN(Cc2ccccc2)c2ccccc2CC1=O. The maximum atomic E-state index is 13.3. The average Bonchev–Trinajstić information content (AvgIpc) is 3.51. The van der Waals surface area contributed by atoms with Crippen molar-refractivity contribution in [1.82, 2.24) is 0 Å². The molecule has 0 aliphatic carbocycles. The molecule has 7 N–H and O–H groups in total. The fourth-order valence-electron chi connectivity index (χ4n) is 8.87. The van der Waals surface area contributed by atoms with Gasteiger partial charge in [0, 0.05) is 77.0 Å². The van der Waals surface area contributed by atoms with Gasteiger partial charge in [0.1, 0.15) is 42.4 Å². The van der Waals surface area contributed by atoms with Gasteiger partial charge in [-0.3, -0.25) is 14.4 Å². The van der Waals surface area contributed by atoms with E-state index in [2.05, 4.69) is 28.0 Å². The van der Waals surface area contributed by atoms with Crippen molar-refractivity contribution in [3.63, 3.8) is 0 Å². The van der Waals surface area contributed by atoms with E-state index >= 15 is 0 Å². The normalized spacial score (nSPS) is 21.9. The number of hydrogen-bond donors (Lipinski definition) is 6. The highest BCUT2D eigenvalue weighted by molar-refractivity contribution is 5.93. The number of anilines is 2. The third-order valence-electron chi connectivity index (χ3n) is 12.9. The molecule has 10 atom stereocenters. The molecule has 3 aliphatic rings. The second kappa shape index (κ2) is 28.5. The minimum absolute atomic E-state index is 0. The zero-order valence-electron chi connectivity index (χ0n) is 44.4. The number of esters is 1. The monoisotopic (exact) mass is 1060 g/mol. The largest absolute Gasteiger partial charge is 0.454 e. The molecule has 1 saturated heterocycles. The number of halogens is 1. The highest BCUT2D eigenvalue weighted by Gasteiger charge is 2.47. The predicted molar refractivity (Wildman–Crippen MR) is 292 cm³/mol. The lowest BCUT2D eigenvalue weighted by Crippen LogP contribution is -2.49. The number of nitrogens with two attached hydrogens (primary N) is 1. The molecule has 75 heavy (non-hydrogen) atoms. The summed E-state index contributed by atoms with van der Waals surface area (Å²) in [6.07, 6.45) is -3.26. The number of para-hydroxylation sites is 2. The van der Waals surface area contributed by atoms with Crippen molar-refractivity contribution in [2.24, 2.45) is 22.5 Å². The number of aliphatic hydroxyl groups is 5. The standard InChI is InChI=1S/C30H39NO6.C17H18N2O.C12H20O5.ClH/c1-30(2,3)15-14-24(32)27(35)28(36)29(37-4)26(34)17-22-19-31(18-20-10-6-5-7-11-20)23-13-9-8-12-21(23)16-25(22)33;18-15-12-19(11-13-6-2-1-3-7-13)16-9-5-4-8-14(16)10-17(15)20;1-12(2,3)6-5-7(13)9-8(14)10(16-4)11(15)17-9;/h5-15,22,24,27-29,32,35-36H,16-19H2,1-4H3;1-9,15H,10-12,18H2;5-10,13-14H,1-4H3;1H/b15-14+;;6-5+;/t22-,24+,27-,28+,29-;15-;7-,8-,9+,10-;/m001./s1. The van der Waals surface area contributed by atoms with E-state index in [-0.39, 0.29) is 47.6 Å². The van der Waals surface area contributed by atoms with Crippen LogP contribution in [0.5, 0.6) is 0 Å². The molecule has 16 heteroatoms. The molecule has 0 unspecified atom stereocenters. The first-order valence-corrected chi connectivity index (χ1v) is 25.1. The van der Waals surface area contributed by atoms with Gasteiger partial charge in [0.25, 0.3) is 0 Å². The highest BCUT2D eigenvalue weighted by atomic mass is 35.5. The quantitative estimate of drug-likeness (QED) is 0.0601. The zero-order valence-corrected chi connectivity index (χ0v) is 45.2. The van der Waals surface area contributed by atoms with Crippen LogP contribution < -0.4 is 15.5 Å². The van der Waals surface area contributed by atoms with E-state index in [1.165, 1.54) is 31.9 Å². The summed E-state index contributed by atoms with van der Waals surface area (Å²) in [5.41, 5.74) is 12.1. The van der Waals surface area contributed by atoms with Crippen LogP contribution in [0.1, 0.15) is 70.2 Å². The number of carbonyl (C=O) groups is 4. The number of hydrogen-bond acceptors (Lipinski definition) is 15. The van der Waals surface area contributed by atoms with E-state index in [9.17, 15) is 44.7 Å². The van der Waals surface area contributed by atoms with E-state index in [1.54, 1.807) is 12.2 Å². The number of rotatable bonds is 15. The van der Waals surface area contributed by atoms with E-state index in [0.29, 0.717) is 26.1 Å². The summed E-state index contributed by atoms with van der Waals surface area (Å²) < 4.78 is 15.0. The van der Waals surface area contributed by atoms with Crippen LogP contribution >= 0.6 is 12.4 Å². The summed E-state index contributed by atoms with van der Waals surface area (Å²) in [5.74, 6) is -1.70. The molecule has 7 rings (SSSR count). The third-order valence-corrected chi connectivity index (χ3v) is 12.9. The number of fused-ring (bicyclic) bond motifs is 2. The summed E-state index contributed by atoms with van der Waals surface area (Å²) in [6.45, 7) is 14.0. The van der Waals surface area contributed by atoms with Gasteiger partial charge in [0.2, 0.25) is 0 Å². The van der Waals surface area contributed by atoms with E-state index < -0.39 is 72.5 Å². The number of nitrogens with zero attached hydrogens (tertiary/aromatic N) is 2. The number of ketones is 3. The summed E-state index contributed by atoms with van der Waals surface area (Å²) in [6, 6.07) is 35.6. The molecule has 0 spiro atoms. The van der Waals surface area contributed by atoms with Crippen molar-refractivity contribution >= 4 is 47.1 Å². The molecule has 15 nitrogen and oxygen atoms in total. The number of ether oxygens (including phenoxy) is 3. The first-order chi connectivity index (χ1) is 35.0. The average molecular weight is 1060 g/mol. The minimum Gasteiger partial charge on any atom is -0.454 e. The first-order valence-electron chi connectivity index (χ1n) is 25.1. The minimum atomic E-state index is -1.66. The Morgan fingerprint density at radius 3 is 1.64 bits per heavy atom. The Hall–Kier alpha value is -5.59. The van der Waals surface area contributed by atoms with E-state index in [0.717, 1.165) is 34.6 Å². The highest BCUT2D eigenvalue weighted by Crippen LogP contribution is 2.31. The molecular formula is C59H78ClN3O12. The molecule has 408 valence electrons. The molecule has 0 saturated carbocycles. The molecule has 0 radical (unpaired) electrons. The van der Waals surface area contributed by atoms with Gasteiger partial charge >= 0.3 is 5.97 Å². The van der Waals surface area contributed by atoms with Crippen molar-refractivity contribution in [3.05, 3.63) is 156 Å². The van der Waals surface area contributed by atoms with Crippen LogP contribution in [0.25, 0.3) is 0 Å². The first kappa shape index (κ1) is 62.0. The van der Waals surface area contributed by atoms with Gasteiger partial charge in [0.15, 0.2) is 23.8 Å². The number of carbonyl (C=O) groups excluding carboxylic acids is 4. The number of aliphatic hydroxyl groups excluding tert-OH is 5. The van der Waals surface area contributed by atoms with Gasteiger partial charge in [-0.05, 0) is 45.2 Å². The summed E-state index contributed by atoms with van der Waals surface area (Å²) in [7, 11) is 2.58. The van der Waals surface area contributed by atoms with Gasteiger partial charge in [0.05, 0.1) is 6.04 Å². The molecular weight excluding hydrogens is 978 g/mol. The molecule has 0 bridgehead atoms. The Morgan fingerprint density at radius 2 is 1.16 bits per heavy atom. The Kier molecular flexibility index (Phi) is 23.6. The zero-order chi connectivity index (χ0) is 54.3. The fourth-order valence-corrected chi connectivity index (χ4v) is 8.87. The molecule has 0 aromatic heterocycles. The van der Waals surface area contributed by atoms with Gasteiger partial charge in [-0.25, -0.2) is 4.79 Å². The van der Waals surface area contributed by atoms with Crippen LogP contribution in [0.4, 0.5) is 11.4 Å². The molecule has 3 heterocycles. The number of cyclic esters (lactones) is 1. The summed E-state index contributed by atoms with van der Waals surface area (Å²) >= 11 is 0. The summed E-state index contributed by atoms with van der Waals surface area (Å²) in [4.78, 5) is 54.1. The molecule has 1 fully saturated rings. The Labute approximate surface area is 448 Å². The van der Waals surface area contributed by atoms with Crippen LogP contribution in [-0.4, -0.2) is 131 Å². The molecule has 4 aromatic rings. The Bertz CT molecular complexity index is 2510. The van der Waals surface area contributed by atoms with Crippen LogP contribution in [0.3, 0.4) is 0 Å². The third kappa shape index (κ3) is 18.3. The number of allylic oxidation sites excluding steroid dienone is 2. The number of benzene rings is 4. The van der Waals surface area contributed by atoms with Gasteiger partial charge in [-0.2, -0.15) is 0 Å². The van der Waals surface area contributed by atoms with Gasteiger partial charge < -0.3 is 55.3 Å². The van der Waals surface area contributed by atoms with Crippen molar-refractivity contribution in [2.45, 2.75) is 129 Å². The predicted octanol–water partition coefficient (Wildman–Crippen LogP) is 5.91. The maximum absolute atomic E-state index is 13.3. The fraction of sp³-hybridized carbons (Fsp3) is 0.458. The second-order valence-corrected chi connectivity index (χ2v) is 21.4. The molecule has 0 amide bonds. The molecule has 4 aromatic carbocycles. The van der Waals surface area contributed by atoms with Gasteiger partial charge in [-0.1, -0.05) is 163 Å². The maximum Gasteiger partial charge on any atom is 0.338 e. The van der Waals surface area contributed by atoms with E-state index in [4.69, 9.17) is 19.9 Å².